The zero-order valence-electron chi connectivity index (χ0n) is 13.6. The Kier molecular flexibility index (Phi) is 3.65. The summed E-state index contributed by atoms with van der Waals surface area (Å²) in [5.74, 6) is 0.914. The van der Waals surface area contributed by atoms with E-state index >= 15 is 0 Å². The Hall–Kier alpha value is -2.93. The quantitative estimate of drug-likeness (QED) is 0.598. The monoisotopic (exact) mass is 354 g/mol. The molecule has 1 aromatic carbocycles. The van der Waals surface area contributed by atoms with Gasteiger partial charge in [-0.2, -0.15) is 5.10 Å². The van der Waals surface area contributed by atoms with Crippen molar-refractivity contribution in [2.75, 3.05) is 5.73 Å². The minimum Gasteiger partial charge on any atom is -0.383 e. The number of benzene rings is 1. The molecule has 4 rings (SSSR count). The van der Waals surface area contributed by atoms with Crippen LogP contribution in [0, 0.1) is 0 Å². The first kappa shape index (κ1) is 15.6. The van der Waals surface area contributed by atoms with Gasteiger partial charge in [-0.15, -0.1) is 0 Å². The number of nitrogens with zero attached hydrogens (tertiary/aromatic N) is 5. The van der Waals surface area contributed by atoms with Crippen molar-refractivity contribution in [2.24, 2.45) is 0 Å². The fourth-order valence-corrected chi connectivity index (χ4v) is 2.94. The van der Waals surface area contributed by atoms with E-state index in [1.54, 1.807) is 16.8 Å². The molecule has 4 aromatic rings. The summed E-state index contributed by atoms with van der Waals surface area (Å²) in [4.78, 5) is 8.40. The number of rotatable bonds is 3. The third kappa shape index (κ3) is 2.53. The molecule has 2 N–H and O–H groups in total. The molecular weight excluding hydrogens is 340 g/mol. The van der Waals surface area contributed by atoms with Gasteiger partial charge < -0.3 is 10.3 Å². The Morgan fingerprint density at radius 1 is 1.20 bits per heavy atom. The Labute approximate surface area is 148 Å². The number of nitrogen functional groups attached to an aromatic ring is 1. The third-order valence-corrected chi connectivity index (χ3v) is 4.23. The Bertz CT molecular complexity index is 1070. The molecule has 126 valence electrons. The summed E-state index contributed by atoms with van der Waals surface area (Å²) < 4.78 is 7.28. The molecule has 0 radical (unpaired) electrons. The predicted octanol–water partition coefficient (Wildman–Crippen LogP) is 3.96. The van der Waals surface area contributed by atoms with Gasteiger partial charge in [0.1, 0.15) is 23.5 Å². The van der Waals surface area contributed by atoms with Gasteiger partial charge >= 0.3 is 0 Å². The number of nitrogens with two attached hydrogens (primary N) is 1. The molecule has 0 unspecified atom stereocenters. The van der Waals surface area contributed by atoms with Crippen molar-refractivity contribution < 1.29 is 4.52 Å². The first-order chi connectivity index (χ1) is 12.1. The van der Waals surface area contributed by atoms with E-state index in [2.05, 4.69) is 20.2 Å². The van der Waals surface area contributed by atoms with E-state index in [1.165, 1.54) is 6.33 Å². The summed E-state index contributed by atoms with van der Waals surface area (Å²) in [7, 11) is 0. The van der Waals surface area contributed by atoms with Gasteiger partial charge in [-0.05, 0) is 26.0 Å². The SMILES string of the molecule is CC(C)n1nc(-c2cc(-c3ccccc3Cl)on2)c2c(N)ncnc21. The van der Waals surface area contributed by atoms with E-state index in [0.29, 0.717) is 39.0 Å². The number of fused-ring (bicyclic) bond motifs is 1. The minimum absolute atomic E-state index is 0.112. The van der Waals surface area contributed by atoms with Crippen molar-refractivity contribution in [3.8, 4) is 22.7 Å². The molecule has 0 aliphatic heterocycles. The lowest BCUT2D eigenvalue weighted by atomic mass is 10.1. The van der Waals surface area contributed by atoms with Crippen LogP contribution in [0.1, 0.15) is 19.9 Å². The van der Waals surface area contributed by atoms with Gasteiger partial charge in [0, 0.05) is 17.7 Å². The maximum atomic E-state index is 6.23. The van der Waals surface area contributed by atoms with Crippen LogP contribution in [0.3, 0.4) is 0 Å². The highest BCUT2D eigenvalue weighted by atomic mass is 35.5. The molecule has 7 nitrogen and oxygen atoms in total. The van der Waals surface area contributed by atoms with Crippen molar-refractivity contribution in [2.45, 2.75) is 19.9 Å². The summed E-state index contributed by atoms with van der Waals surface area (Å²) >= 11 is 6.23. The van der Waals surface area contributed by atoms with Crippen LogP contribution in [0.25, 0.3) is 33.7 Å². The summed E-state index contributed by atoms with van der Waals surface area (Å²) in [5.41, 5.74) is 8.64. The lowest BCUT2D eigenvalue weighted by Gasteiger charge is -2.05. The molecule has 3 heterocycles. The van der Waals surface area contributed by atoms with Crippen molar-refractivity contribution in [3.63, 3.8) is 0 Å². The minimum atomic E-state index is 0.112. The standard InChI is InChI=1S/C17H15ClN6O/c1-9(2)24-17-14(16(19)20-8-21-17)15(22-24)12-7-13(25-23-12)10-5-3-4-6-11(10)18/h3-9H,1-2H3,(H2,19,20,21). The molecule has 0 spiro atoms. The normalized spacial score (nSPS) is 11.5. The second-order valence-electron chi connectivity index (χ2n) is 5.90. The highest BCUT2D eigenvalue weighted by Crippen LogP contribution is 2.34. The second-order valence-corrected chi connectivity index (χ2v) is 6.31. The Morgan fingerprint density at radius 2 is 2.00 bits per heavy atom. The number of halogens is 1. The lowest BCUT2D eigenvalue weighted by molar-refractivity contribution is 0.434. The fourth-order valence-electron chi connectivity index (χ4n) is 2.71. The van der Waals surface area contributed by atoms with Gasteiger partial charge in [-0.25, -0.2) is 14.6 Å². The van der Waals surface area contributed by atoms with Crippen LogP contribution in [0.4, 0.5) is 5.82 Å². The molecule has 0 fully saturated rings. The lowest BCUT2D eigenvalue weighted by Crippen LogP contribution is -2.04. The van der Waals surface area contributed by atoms with E-state index in [4.69, 9.17) is 21.9 Å². The van der Waals surface area contributed by atoms with Crippen LogP contribution < -0.4 is 5.73 Å². The van der Waals surface area contributed by atoms with Crippen molar-refractivity contribution >= 4 is 28.5 Å². The molecule has 0 atom stereocenters. The van der Waals surface area contributed by atoms with Crippen LogP contribution in [0.5, 0.6) is 0 Å². The Balaban J connectivity index is 1.90. The molecule has 0 saturated carbocycles. The van der Waals surface area contributed by atoms with E-state index < -0.39 is 0 Å². The third-order valence-electron chi connectivity index (χ3n) is 3.90. The maximum Gasteiger partial charge on any atom is 0.169 e. The number of hydrogen-bond acceptors (Lipinski definition) is 6. The highest BCUT2D eigenvalue weighted by Gasteiger charge is 2.21. The molecule has 0 aliphatic rings. The number of anilines is 1. The van der Waals surface area contributed by atoms with Crippen LogP contribution in [-0.4, -0.2) is 24.9 Å². The van der Waals surface area contributed by atoms with E-state index in [-0.39, 0.29) is 6.04 Å². The van der Waals surface area contributed by atoms with Gasteiger partial charge in [0.2, 0.25) is 0 Å². The maximum absolute atomic E-state index is 6.23. The first-order valence-electron chi connectivity index (χ1n) is 7.77. The van der Waals surface area contributed by atoms with Crippen LogP contribution in [0.15, 0.2) is 41.2 Å². The fraction of sp³-hybridized carbons (Fsp3) is 0.176. The van der Waals surface area contributed by atoms with E-state index in [9.17, 15) is 0 Å². The summed E-state index contributed by atoms with van der Waals surface area (Å²) in [6.07, 6.45) is 1.43. The zero-order chi connectivity index (χ0) is 17.6. The van der Waals surface area contributed by atoms with Crippen LogP contribution in [-0.2, 0) is 0 Å². The smallest absolute Gasteiger partial charge is 0.169 e. The average molecular weight is 355 g/mol. The van der Waals surface area contributed by atoms with Crippen LogP contribution >= 0.6 is 11.6 Å². The number of aromatic nitrogens is 5. The van der Waals surface area contributed by atoms with Crippen molar-refractivity contribution in [3.05, 3.63) is 41.7 Å². The molecule has 3 aromatic heterocycles. The van der Waals surface area contributed by atoms with Crippen LogP contribution in [0.2, 0.25) is 5.02 Å². The highest BCUT2D eigenvalue weighted by molar-refractivity contribution is 6.33. The van der Waals surface area contributed by atoms with Gasteiger partial charge in [0.05, 0.1) is 10.4 Å². The van der Waals surface area contributed by atoms with Gasteiger partial charge in [0.15, 0.2) is 11.4 Å². The topological polar surface area (TPSA) is 95.7 Å². The molecule has 0 amide bonds. The molecular formula is C17H15ClN6O. The van der Waals surface area contributed by atoms with Gasteiger partial charge in [0.25, 0.3) is 0 Å². The van der Waals surface area contributed by atoms with Crippen molar-refractivity contribution in [1.29, 1.82) is 0 Å². The van der Waals surface area contributed by atoms with Gasteiger partial charge in [-0.1, -0.05) is 28.9 Å². The second kappa shape index (κ2) is 5.86. The molecule has 0 bridgehead atoms. The molecule has 8 heteroatoms. The first-order valence-corrected chi connectivity index (χ1v) is 8.14. The van der Waals surface area contributed by atoms with Crippen molar-refractivity contribution in [1.82, 2.24) is 24.9 Å². The van der Waals surface area contributed by atoms with Gasteiger partial charge in [-0.3, -0.25) is 0 Å². The summed E-state index contributed by atoms with van der Waals surface area (Å²) in [5, 5.41) is 10.0. The van der Waals surface area contributed by atoms with E-state index in [1.807, 2.05) is 32.0 Å². The average Bonchev–Trinajstić information content (AvgIpc) is 3.20. The zero-order valence-corrected chi connectivity index (χ0v) is 14.4. The number of hydrogen-bond donors (Lipinski definition) is 1. The predicted molar refractivity (Wildman–Crippen MR) is 96.1 cm³/mol. The summed E-state index contributed by atoms with van der Waals surface area (Å²) in [6, 6.07) is 9.32. The molecule has 0 saturated heterocycles. The summed E-state index contributed by atoms with van der Waals surface area (Å²) in [6.45, 7) is 4.04. The Morgan fingerprint density at radius 3 is 2.76 bits per heavy atom. The molecule has 0 aliphatic carbocycles. The van der Waals surface area contributed by atoms with E-state index in [0.717, 1.165) is 5.56 Å². The molecule has 25 heavy (non-hydrogen) atoms. The largest absolute Gasteiger partial charge is 0.383 e.